The van der Waals surface area contributed by atoms with E-state index in [9.17, 15) is 14.4 Å². The number of methoxy groups -OCH3 is 2. The summed E-state index contributed by atoms with van der Waals surface area (Å²) in [4.78, 5) is 39.5. The molecule has 0 aliphatic heterocycles. The van der Waals surface area contributed by atoms with Crippen molar-refractivity contribution in [2.45, 2.75) is 6.61 Å². The van der Waals surface area contributed by atoms with Crippen molar-refractivity contribution in [2.75, 3.05) is 14.2 Å². The van der Waals surface area contributed by atoms with E-state index in [0.29, 0.717) is 5.56 Å². The topological polar surface area (TPSA) is 136 Å². The van der Waals surface area contributed by atoms with Gasteiger partial charge in [0.15, 0.2) is 0 Å². The van der Waals surface area contributed by atoms with Gasteiger partial charge in [0.25, 0.3) is 0 Å². The van der Waals surface area contributed by atoms with Crippen molar-refractivity contribution in [2.24, 2.45) is 0 Å². The summed E-state index contributed by atoms with van der Waals surface area (Å²) in [5, 5.41) is 17.2. The Hall–Kier alpha value is -3.33. The lowest BCUT2D eigenvalue weighted by atomic mass is 10.2. The fourth-order valence-electron chi connectivity index (χ4n) is 1.49. The number of esters is 2. The van der Waals surface area contributed by atoms with Gasteiger partial charge in [-0.2, -0.15) is 0 Å². The van der Waals surface area contributed by atoms with Gasteiger partial charge in [0.05, 0.1) is 26.4 Å². The third kappa shape index (κ3) is 5.99. The van der Waals surface area contributed by atoms with E-state index < -0.39 is 17.9 Å². The highest BCUT2D eigenvalue weighted by Crippen LogP contribution is 2.02. The zero-order valence-corrected chi connectivity index (χ0v) is 13.5. The Labute approximate surface area is 142 Å². The lowest BCUT2D eigenvalue weighted by molar-refractivity contribution is 0.0585. The van der Waals surface area contributed by atoms with Gasteiger partial charge in [-0.15, -0.1) is 0 Å². The lowest BCUT2D eigenvalue weighted by Crippen LogP contribution is -2.05. The summed E-state index contributed by atoms with van der Waals surface area (Å²) in [6.45, 7) is -0.0749. The van der Waals surface area contributed by atoms with Crippen LogP contribution in [0.2, 0.25) is 0 Å². The maximum Gasteiger partial charge on any atom is 0.356 e. The quantitative estimate of drug-likeness (QED) is 0.773. The molecule has 2 aromatic heterocycles. The van der Waals surface area contributed by atoms with Crippen molar-refractivity contribution in [1.29, 1.82) is 0 Å². The molecule has 0 unspecified atom stereocenters. The Kier molecular flexibility index (Phi) is 7.67. The van der Waals surface area contributed by atoms with Crippen LogP contribution in [0.1, 0.15) is 36.9 Å². The van der Waals surface area contributed by atoms with E-state index in [-0.39, 0.29) is 23.6 Å². The summed E-state index contributed by atoms with van der Waals surface area (Å²) < 4.78 is 8.83. The minimum atomic E-state index is -1.08. The minimum Gasteiger partial charge on any atom is -0.478 e. The maximum atomic E-state index is 10.9. The highest BCUT2D eigenvalue weighted by atomic mass is 16.5. The molecule has 0 saturated heterocycles. The normalized spacial score (nSPS) is 9.40. The molecule has 0 aromatic carbocycles. The Bertz CT molecular complexity index is 727. The number of aliphatic hydroxyl groups excluding tert-OH is 1. The first-order chi connectivity index (χ1) is 11.9. The fraction of sp³-hybridized carbons (Fsp3) is 0.188. The number of aromatic nitrogens is 2. The van der Waals surface area contributed by atoms with Crippen LogP contribution < -0.4 is 0 Å². The number of aromatic carboxylic acids is 1. The zero-order valence-electron chi connectivity index (χ0n) is 13.5. The number of nitrogens with zero attached hydrogens (tertiary/aromatic N) is 2. The molecule has 132 valence electrons. The molecule has 0 bridgehead atoms. The molecule has 2 rings (SSSR count). The summed E-state index contributed by atoms with van der Waals surface area (Å²) in [7, 11) is 2.53. The molecule has 0 spiro atoms. The van der Waals surface area contributed by atoms with Crippen LogP contribution in [0.3, 0.4) is 0 Å². The standard InChI is InChI=1S/C8H7NO4.C8H9NO3/c1-13-8(12)6-3-2-5(4-9-6)7(10)11;1-12-8(11)7-3-2-6(5-10)4-9-7/h2-4H,1H3,(H,10,11);2-4,10H,5H2,1H3. The summed E-state index contributed by atoms with van der Waals surface area (Å²) in [5.41, 5.74) is 1.04. The average Bonchev–Trinajstić information content (AvgIpc) is 2.67. The van der Waals surface area contributed by atoms with Gasteiger partial charge >= 0.3 is 17.9 Å². The van der Waals surface area contributed by atoms with Gasteiger partial charge in [-0.1, -0.05) is 6.07 Å². The molecule has 9 nitrogen and oxygen atoms in total. The molecule has 25 heavy (non-hydrogen) atoms. The lowest BCUT2D eigenvalue weighted by Gasteiger charge is -1.98. The Morgan fingerprint density at radius 3 is 1.76 bits per heavy atom. The molecule has 2 aromatic rings. The van der Waals surface area contributed by atoms with Crippen LogP contribution in [0.15, 0.2) is 36.7 Å². The average molecular weight is 348 g/mol. The number of carbonyl (C=O) groups is 3. The van der Waals surface area contributed by atoms with Crippen LogP contribution in [-0.2, 0) is 16.1 Å². The number of carbonyl (C=O) groups excluding carboxylic acids is 2. The molecule has 2 N–H and O–H groups in total. The third-order valence-corrected chi connectivity index (χ3v) is 2.81. The van der Waals surface area contributed by atoms with Crippen LogP contribution >= 0.6 is 0 Å². The number of aliphatic hydroxyl groups is 1. The summed E-state index contributed by atoms with van der Waals surface area (Å²) in [5.74, 6) is -2.14. The van der Waals surface area contributed by atoms with Gasteiger partial charge in [0, 0.05) is 12.4 Å². The van der Waals surface area contributed by atoms with E-state index in [1.807, 2.05) is 0 Å². The van der Waals surface area contributed by atoms with Crippen molar-refractivity contribution < 1.29 is 34.1 Å². The van der Waals surface area contributed by atoms with E-state index in [0.717, 1.165) is 6.20 Å². The summed E-state index contributed by atoms with van der Waals surface area (Å²) in [6, 6.07) is 5.73. The molecule has 0 aliphatic rings. The molecule has 0 radical (unpaired) electrons. The first-order valence-electron chi connectivity index (χ1n) is 6.84. The first kappa shape index (κ1) is 19.7. The van der Waals surface area contributed by atoms with Crippen molar-refractivity contribution in [3.63, 3.8) is 0 Å². The number of hydrogen-bond acceptors (Lipinski definition) is 8. The van der Waals surface area contributed by atoms with E-state index in [2.05, 4.69) is 19.4 Å². The predicted molar refractivity (Wildman–Crippen MR) is 84.0 cm³/mol. The number of carboxylic acid groups (broad SMARTS) is 1. The smallest absolute Gasteiger partial charge is 0.356 e. The second-order valence-electron chi connectivity index (χ2n) is 4.43. The molecule has 0 amide bonds. The van der Waals surface area contributed by atoms with Gasteiger partial charge < -0.3 is 19.7 Å². The predicted octanol–water partition coefficient (Wildman–Crippen LogP) is 0.927. The molecule has 2 heterocycles. The highest BCUT2D eigenvalue weighted by molar-refractivity contribution is 5.90. The zero-order chi connectivity index (χ0) is 18.8. The van der Waals surface area contributed by atoms with E-state index >= 15 is 0 Å². The molecule has 0 fully saturated rings. The van der Waals surface area contributed by atoms with E-state index in [4.69, 9.17) is 10.2 Å². The van der Waals surface area contributed by atoms with Crippen molar-refractivity contribution in [3.05, 3.63) is 59.2 Å². The third-order valence-electron chi connectivity index (χ3n) is 2.81. The van der Waals surface area contributed by atoms with Crippen molar-refractivity contribution in [3.8, 4) is 0 Å². The van der Waals surface area contributed by atoms with E-state index in [1.165, 1.54) is 38.6 Å². The molecule has 0 saturated carbocycles. The second-order valence-corrected chi connectivity index (χ2v) is 4.43. The molecular weight excluding hydrogens is 332 g/mol. The second kappa shape index (κ2) is 9.73. The number of carboxylic acids is 1. The largest absolute Gasteiger partial charge is 0.478 e. The maximum absolute atomic E-state index is 10.9. The number of ether oxygens (including phenoxy) is 2. The van der Waals surface area contributed by atoms with Gasteiger partial charge in [-0.3, -0.25) is 0 Å². The Morgan fingerprint density at radius 2 is 1.44 bits per heavy atom. The van der Waals surface area contributed by atoms with Crippen LogP contribution in [0, 0.1) is 0 Å². The number of pyridine rings is 2. The monoisotopic (exact) mass is 348 g/mol. The Morgan fingerprint density at radius 1 is 0.920 bits per heavy atom. The fourth-order valence-corrected chi connectivity index (χ4v) is 1.49. The summed E-state index contributed by atoms with van der Waals surface area (Å²) in [6.07, 6.45) is 2.54. The van der Waals surface area contributed by atoms with Crippen LogP contribution in [0.25, 0.3) is 0 Å². The first-order valence-corrected chi connectivity index (χ1v) is 6.84. The molecule has 0 atom stereocenters. The minimum absolute atomic E-state index is 0.0349. The van der Waals surface area contributed by atoms with Crippen molar-refractivity contribution >= 4 is 17.9 Å². The van der Waals surface area contributed by atoms with Crippen LogP contribution in [-0.4, -0.2) is 52.3 Å². The van der Waals surface area contributed by atoms with Crippen molar-refractivity contribution in [1.82, 2.24) is 9.97 Å². The van der Waals surface area contributed by atoms with E-state index in [1.54, 1.807) is 6.07 Å². The SMILES string of the molecule is COC(=O)c1ccc(C(=O)O)cn1.COC(=O)c1ccc(CO)cn1. The van der Waals surface area contributed by atoms with Gasteiger partial charge in [0.1, 0.15) is 11.4 Å². The van der Waals surface area contributed by atoms with Gasteiger partial charge in [-0.05, 0) is 23.8 Å². The molecule has 9 heteroatoms. The molecular formula is C16H16N2O7. The Balaban J connectivity index is 0.000000251. The highest BCUT2D eigenvalue weighted by Gasteiger charge is 2.08. The molecule has 0 aliphatic carbocycles. The van der Waals surface area contributed by atoms with Crippen LogP contribution in [0.4, 0.5) is 0 Å². The summed E-state index contributed by atoms with van der Waals surface area (Å²) >= 11 is 0. The van der Waals surface area contributed by atoms with Crippen LogP contribution in [0.5, 0.6) is 0 Å². The van der Waals surface area contributed by atoms with Gasteiger partial charge in [0.2, 0.25) is 0 Å². The van der Waals surface area contributed by atoms with Gasteiger partial charge in [-0.25, -0.2) is 24.4 Å². The number of rotatable bonds is 4. The number of hydrogen-bond donors (Lipinski definition) is 2.